The molecule has 1 aromatic heterocycles. The maximum absolute atomic E-state index is 5.50. The van der Waals surface area contributed by atoms with E-state index in [2.05, 4.69) is 46.4 Å². The van der Waals surface area contributed by atoms with Crippen molar-refractivity contribution in [3.8, 4) is 22.8 Å². The van der Waals surface area contributed by atoms with E-state index < -0.39 is 0 Å². The van der Waals surface area contributed by atoms with Crippen molar-refractivity contribution in [2.24, 2.45) is 0 Å². The summed E-state index contributed by atoms with van der Waals surface area (Å²) in [5, 5.41) is 4.57. The Morgan fingerprint density at radius 2 is 1.80 bits per heavy atom. The first-order valence-corrected chi connectivity index (χ1v) is 10.9. The second-order valence-electron chi connectivity index (χ2n) is 8.22. The molecular formula is C25H33N3O2. The van der Waals surface area contributed by atoms with Gasteiger partial charge in [0.2, 0.25) is 0 Å². The van der Waals surface area contributed by atoms with Crippen molar-refractivity contribution in [2.75, 3.05) is 47.4 Å². The van der Waals surface area contributed by atoms with E-state index in [1.807, 2.05) is 19.2 Å². The number of likely N-dealkylation sites (N-methyl/N-ethyl adjacent to an activating group) is 1. The van der Waals surface area contributed by atoms with Gasteiger partial charge < -0.3 is 24.7 Å². The van der Waals surface area contributed by atoms with Gasteiger partial charge in [0, 0.05) is 35.2 Å². The van der Waals surface area contributed by atoms with Gasteiger partial charge in [0.15, 0.2) is 11.5 Å². The molecule has 2 heterocycles. The minimum absolute atomic E-state index is 0.652. The van der Waals surface area contributed by atoms with E-state index >= 15 is 0 Å². The second kappa shape index (κ2) is 9.11. The van der Waals surface area contributed by atoms with Crippen LogP contribution in [0.3, 0.4) is 0 Å². The van der Waals surface area contributed by atoms with E-state index in [1.54, 1.807) is 14.2 Å². The molecule has 2 N–H and O–H groups in total. The van der Waals surface area contributed by atoms with Gasteiger partial charge in [-0.2, -0.15) is 0 Å². The molecule has 1 saturated heterocycles. The van der Waals surface area contributed by atoms with Crippen LogP contribution >= 0.6 is 0 Å². The zero-order chi connectivity index (χ0) is 21.1. The van der Waals surface area contributed by atoms with Gasteiger partial charge in [-0.15, -0.1) is 0 Å². The first kappa shape index (κ1) is 20.8. The van der Waals surface area contributed by atoms with Gasteiger partial charge in [-0.25, -0.2) is 0 Å². The highest BCUT2D eigenvalue weighted by atomic mass is 16.5. The number of rotatable bonds is 7. The average Bonchev–Trinajstić information content (AvgIpc) is 3.13. The van der Waals surface area contributed by atoms with Gasteiger partial charge in [0.1, 0.15) is 0 Å². The number of likely N-dealkylation sites (tertiary alicyclic amines) is 1. The van der Waals surface area contributed by atoms with Crippen LogP contribution in [-0.4, -0.2) is 57.3 Å². The smallest absolute Gasteiger partial charge is 0.161 e. The minimum atomic E-state index is 0.652. The molecule has 0 radical (unpaired) electrons. The molecule has 0 amide bonds. The van der Waals surface area contributed by atoms with Gasteiger partial charge >= 0.3 is 0 Å². The number of H-pyrrole nitrogens is 1. The monoisotopic (exact) mass is 407 g/mol. The summed E-state index contributed by atoms with van der Waals surface area (Å²) in [5.41, 5.74) is 6.19. The number of benzene rings is 2. The molecule has 0 unspecified atom stereocenters. The molecule has 5 heteroatoms. The van der Waals surface area contributed by atoms with E-state index in [0.29, 0.717) is 5.92 Å². The number of nitrogens with one attached hydrogen (secondary N) is 2. The van der Waals surface area contributed by atoms with Crippen LogP contribution in [-0.2, 0) is 0 Å². The summed E-state index contributed by atoms with van der Waals surface area (Å²) in [6, 6.07) is 13.0. The Hall–Kier alpha value is -2.50. The molecule has 160 valence electrons. The highest BCUT2D eigenvalue weighted by molar-refractivity contribution is 5.91. The zero-order valence-corrected chi connectivity index (χ0v) is 18.5. The highest BCUT2D eigenvalue weighted by Crippen LogP contribution is 2.37. The predicted molar refractivity (Wildman–Crippen MR) is 124 cm³/mol. The SMILES string of the molecule is CNCCN1CCC(c2ccc3[nH]c(-c4ccc(OC)c(OC)c4)c(C)c3c2)CC1. The third kappa shape index (κ3) is 4.05. The number of ether oxygens (including phenoxy) is 2. The van der Waals surface area contributed by atoms with Crippen LogP contribution in [0.4, 0.5) is 0 Å². The molecule has 1 aliphatic heterocycles. The van der Waals surface area contributed by atoms with Crippen molar-refractivity contribution in [1.29, 1.82) is 0 Å². The second-order valence-corrected chi connectivity index (χ2v) is 8.22. The van der Waals surface area contributed by atoms with E-state index in [0.717, 1.165) is 35.8 Å². The highest BCUT2D eigenvalue weighted by Gasteiger charge is 2.21. The quantitative estimate of drug-likeness (QED) is 0.603. The molecule has 1 fully saturated rings. The Kier molecular flexibility index (Phi) is 6.30. The van der Waals surface area contributed by atoms with Crippen LogP contribution in [0.1, 0.15) is 29.9 Å². The lowest BCUT2D eigenvalue weighted by Crippen LogP contribution is -2.37. The molecule has 0 atom stereocenters. The van der Waals surface area contributed by atoms with E-state index in [4.69, 9.17) is 9.47 Å². The van der Waals surface area contributed by atoms with Crippen LogP contribution in [0.5, 0.6) is 11.5 Å². The van der Waals surface area contributed by atoms with Crippen molar-refractivity contribution in [2.45, 2.75) is 25.7 Å². The van der Waals surface area contributed by atoms with Crippen LogP contribution in [0, 0.1) is 6.92 Å². The standard InChI is InChI=1S/C25H33N3O2/c1-17-21-15-19(18-9-12-28(13-10-18)14-11-26-2)5-7-22(21)27-25(17)20-6-8-23(29-3)24(16-20)30-4/h5-8,15-16,18,26-27H,9-14H2,1-4H3. The number of methoxy groups -OCH3 is 2. The fraction of sp³-hybridized carbons (Fsp3) is 0.440. The van der Waals surface area contributed by atoms with Crippen molar-refractivity contribution in [3.05, 3.63) is 47.5 Å². The van der Waals surface area contributed by atoms with Gasteiger partial charge in [0.25, 0.3) is 0 Å². The van der Waals surface area contributed by atoms with E-state index in [1.165, 1.54) is 48.0 Å². The number of nitrogens with zero attached hydrogens (tertiary/aromatic N) is 1. The fourth-order valence-electron chi connectivity index (χ4n) is 4.64. The van der Waals surface area contributed by atoms with E-state index in [-0.39, 0.29) is 0 Å². The molecule has 3 aromatic rings. The summed E-state index contributed by atoms with van der Waals surface area (Å²) in [6.45, 7) is 6.79. The van der Waals surface area contributed by atoms with Crippen molar-refractivity contribution >= 4 is 10.9 Å². The van der Waals surface area contributed by atoms with Crippen molar-refractivity contribution < 1.29 is 9.47 Å². The Morgan fingerprint density at radius 1 is 1.03 bits per heavy atom. The third-order valence-electron chi connectivity index (χ3n) is 6.49. The molecule has 0 saturated carbocycles. The van der Waals surface area contributed by atoms with Crippen LogP contribution < -0.4 is 14.8 Å². The summed E-state index contributed by atoms with van der Waals surface area (Å²) in [5.74, 6) is 2.15. The summed E-state index contributed by atoms with van der Waals surface area (Å²) >= 11 is 0. The lowest BCUT2D eigenvalue weighted by Gasteiger charge is -2.32. The summed E-state index contributed by atoms with van der Waals surface area (Å²) in [6.07, 6.45) is 2.47. The molecule has 0 bridgehead atoms. The topological polar surface area (TPSA) is 49.5 Å². The maximum Gasteiger partial charge on any atom is 0.161 e. The molecular weight excluding hydrogens is 374 g/mol. The molecule has 4 rings (SSSR count). The number of hydrogen-bond acceptors (Lipinski definition) is 4. The van der Waals surface area contributed by atoms with Gasteiger partial charge in [-0.05, 0) is 87.3 Å². The average molecular weight is 408 g/mol. The molecule has 30 heavy (non-hydrogen) atoms. The Labute approximate surface area is 179 Å². The lowest BCUT2D eigenvalue weighted by molar-refractivity contribution is 0.214. The van der Waals surface area contributed by atoms with E-state index in [9.17, 15) is 0 Å². The summed E-state index contributed by atoms with van der Waals surface area (Å²) in [4.78, 5) is 6.19. The van der Waals surface area contributed by atoms with Crippen LogP contribution in [0.25, 0.3) is 22.2 Å². The minimum Gasteiger partial charge on any atom is -0.493 e. The number of hydrogen-bond donors (Lipinski definition) is 2. The number of aromatic amines is 1. The number of aromatic nitrogens is 1. The molecule has 0 aliphatic carbocycles. The van der Waals surface area contributed by atoms with Gasteiger partial charge in [-0.1, -0.05) is 6.07 Å². The summed E-state index contributed by atoms with van der Waals surface area (Å²) < 4.78 is 10.9. The maximum atomic E-state index is 5.50. The molecule has 5 nitrogen and oxygen atoms in total. The number of piperidine rings is 1. The number of fused-ring (bicyclic) bond motifs is 1. The fourth-order valence-corrected chi connectivity index (χ4v) is 4.64. The molecule has 2 aromatic carbocycles. The predicted octanol–water partition coefficient (Wildman–Crippen LogP) is 4.56. The van der Waals surface area contributed by atoms with Crippen LogP contribution in [0.15, 0.2) is 36.4 Å². The largest absolute Gasteiger partial charge is 0.493 e. The van der Waals surface area contributed by atoms with Crippen LogP contribution in [0.2, 0.25) is 0 Å². The Bertz CT molecular complexity index is 1000. The summed E-state index contributed by atoms with van der Waals surface area (Å²) in [7, 11) is 5.37. The van der Waals surface area contributed by atoms with Crippen molar-refractivity contribution in [1.82, 2.24) is 15.2 Å². The van der Waals surface area contributed by atoms with Gasteiger partial charge in [0.05, 0.1) is 14.2 Å². The lowest BCUT2D eigenvalue weighted by atomic mass is 9.88. The molecule has 0 spiro atoms. The Balaban J connectivity index is 1.59. The van der Waals surface area contributed by atoms with Crippen molar-refractivity contribution in [3.63, 3.8) is 0 Å². The molecule has 1 aliphatic rings. The number of aryl methyl sites for hydroxylation is 1. The first-order valence-electron chi connectivity index (χ1n) is 10.9. The van der Waals surface area contributed by atoms with Gasteiger partial charge in [-0.3, -0.25) is 0 Å². The zero-order valence-electron chi connectivity index (χ0n) is 18.5. The Morgan fingerprint density at radius 3 is 2.50 bits per heavy atom. The normalized spacial score (nSPS) is 15.6. The third-order valence-corrected chi connectivity index (χ3v) is 6.49. The first-order chi connectivity index (χ1) is 14.6.